The van der Waals surface area contributed by atoms with E-state index in [4.69, 9.17) is 5.11 Å². The fourth-order valence-corrected chi connectivity index (χ4v) is 2.57. The van der Waals surface area contributed by atoms with Gasteiger partial charge in [0.05, 0.1) is 5.92 Å². The number of carboxylic acids is 1. The van der Waals surface area contributed by atoms with Crippen LogP contribution in [0.5, 0.6) is 0 Å². The van der Waals surface area contributed by atoms with Crippen LogP contribution in [0.15, 0.2) is 0 Å². The Morgan fingerprint density at radius 1 is 1.33 bits per heavy atom. The van der Waals surface area contributed by atoms with Crippen LogP contribution in [0, 0.1) is 11.8 Å². The van der Waals surface area contributed by atoms with Crippen molar-refractivity contribution >= 4 is 12.0 Å². The van der Waals surface area contributed by atoms with Crippen molar-refractivity contribution in [3.63, 3.8) is 0 Å². The molecule has 0 saturated heterocycles. The zero-order valence-corrected chi connectivity index (χ0v) is 11.3. The molecule has 2 atom stereocenters. The van der Waals surface area contributed by atoms with Gasteiger partial charge in [-0.3, -0.25) is 4.79 Å². The summed E-state index contributed by atoms with van der Waals surface area (Å²) in [4.78, 5) is 24.5. The second-order valence-electron chi connectivity index (χ2n) is 5.10. The van der Waals surface area contributed by atoms with Crippen molar-refractivity contribution in [1.82, 2.24) is 10.2 Å². The molecule has 2 N–H and O–H groups in total. The molecule has 0 radical (unpaired) electrons. The third-order valence-corrected chi connectivity index (χ3v) is 3.65. The minimum atomic E-state index is -0.726. The highest BCUT2D eigenvalue weighted by molar-refractivity contribution is 5.74. The van der Waals surface area contributed by atoms with E-state index in [1.807, 2.05) is 6.92 Å². The second-order valence-corrected chi connectivity index (χ2v) is 5.10. The van der Waals surface area contributed by atoms with Gasteiger partial charge in [-0.05, 0) is 25.2 Å². The van der Waals surface area contributed by atoms with E-state index in [2.05, 4.69) is 5.32 Å². The van der Waals surface area contributed by atoms with Crippen LogP contribution in [-0.4, -0.2) is 42.1 Å². The van der Waals surface area contributed by atoms with Crippen molar-refractivity contribution < 1.29 is 14.7 Å². The minimum Gasteiger partial charge on any atom is -0.481 e. The van der Waals surface area contributed by atoms with Crippen molar-refractivity contribution in [3.8, 4) is 0 Å². The molecule has 104 valence electrons. The van der Waals surface area contributed by atoms with Crippen molar-refractivity contribution in [3.05, 3.63) is 0 Å². The molecule has 0 heterocycles. The Labute approximate surface area is 109 Å². The third-order valence-electron chi connectivity index (χ3n) is 3.65. The van der Waals surface area contributed by atoms with Crippen LogP contribution in [-0.2, 0) is 4.79 Å². The summed E-state index contributed by atoms with van der Waals surface area (Å²) >= 11 is 0. The fourth-order valence-electron chi connectivity index (χ4n) is 2.57. The lowest BCUT2D eigenvalue weighted by molar-refractivity contribution is -0.144. The number of nitrogens with one attached hydrogen (secondary N) is 1. The molecule has 18 heavy (non-hydrogen) atoms. The molecule has 5 nitrogen and oxygen atoms in total. The number of carbonyl (C=O) groups excluding carboxylic acids is 1. The Hall–Kier alpha value is -1.26. The lowest BCUT2D eigenvalue weighted by Crippen LogP contribution is -2.42. The van der Waals surface area contributed by atoms with E-state index < -0.39 is 5.97 Å². The molecule has 1 rings (SSSR count). The van der Waals surface area contributed by atoms with E-state index in [1.165, 1.54) is 0 Å². The maximum absolute atomic E-state index is 11.7. The van der Waals surface area contributed by atoms with Gasteiger partial charge in [0.15, 0.2) is 0 Å². The van der Waals surface area contributed by atoms with E-state index in [0.29, 0.717) is 6.54 Å². The van der Waals surface area contributed by atoms with Crippen molar-refractivity contribution in [2.24, 2.45) is 11.8 Å². The number of urea groups is 1. The van der Waals surface area contributed by atoms with Crippen LogP contribution >= 0.6 is 0 Å². The van der Waals surface area contributed by atoms with Crippen molar-refractivity contribution in [1.29, 1.82) is 0 Å². The number of rotatable bonds is 5. The molecule has 0 aromatic carbocycles. The van der Waals surface area contributed by atoms with Gasteiger partial charge < -0.3 is 15.3 Å². The van der Waals surface area contributed by atoms with Crippen molar-refractivity contribution in [2.75, 3.05) is 20.1 Å². The molecule has 0 aromatic rings. The first-order chi connectivity index (χ1) is 8.56. The van der Waals surface area contributed by atoms with Gasteiger partial charge in [0.2, 0.25) is 0 Å². The van der Waals surface area contributed by atoms with Crippen LogP contribution in [0.4, 0.5) is 4.79 Å². The summed E-state index contributed by atoms with van der Waals surface area (Å²) in [5.74, 6) is -0.943. The Balaban J connectivity index is 2.40. The SMILES string of the molecule is CCCN(C)C(=O)NCC1CCCCC1C(=O)O. The number of hydrogen-bond acceptors (Lipinski definition) is 2. The number of hydrogen-bond donors (Lipinski definition) is 2. The molecule has 0 aliphatic heterocycles. The van der Waals surface area contributed by atoms with Crippen LogP contribution in [0.3, 0.4) is 0 Å². The average Bonchev–Trinajstić information content (AvgIpc) is 2.36. The summed E-state index contributed by atoms with van der Waals surface area (Å²) in [7, 11) is 1.76. The Morgan fingerprint density at radius 2 is 2.00 bits per heavy atom. The van der Waals surface area contributed by atoms with E-state index >= 15 is 0 Å². The highest BCUT2D eigenvalue weighted by atomic mass is 16.4. The number of carbonyl (C=O) groups is 2. The first-order valence-electron chi connectivity index (χ1n) is 6.78. The normalized spacial score (nSPS) is 23.4. The van der Waals surface area contributed by atoms with Gasteiger partial charge in [-0.1, -0.05) is 19.8 Å². The highest BCUT2D eigenvalue weighted by Crippen LogP contribution is 2.29. The number of aliphatic carboxylic acids is 1. The van der Waals surface area contributed by atoms with E-state index in [0.717, 1.165) is 38.6 Å². The quantitative estimate of drug-likeness (QED) is 0.789. The minimum absolute atomic E-state index is 0.0789. The molecule has 2 amide bonds. The highest BCUT2D eigenvalue weighted by Gasteiger charge is 2.30. The lowest BCUT2D eigenvalue weighted by Gasteiger charge is -2.29. The van der Waals surface area contributed by atoms with Gasteiger partial charge in [-0.2, -0.15) is 0 Å². The zero-order valence-electron chi connectivity index (χ0n) is 11.3. The number of carboxylic acid groups (broad SMARTS) is 1. The molecule has 1 aliphatic rings. The first-order valence-corrected chi connectivity index (χ1v) is 6.78. The molecule has 0 spiro atoms. The summed E-state index contributed by atoms with van der Waals surface area (Å²) in [6, 6.07) is -0.105. The smallest absolute Gasteiger partial charge is 0.317 e. The standard InChI is InChI=1S/C13H24N2O3/c1-3-8-15(2)13(18)14-9-10-6-4-5-7-11(10)12(16)17/h10-11H,3-9H2,1-2H3,(H,14,18)(H,16,17). The van der Waals surface area contributed by atoms with Crippen LogP contribution in [0.1, 0.15) is 39.0 Å². The van der Waals surface area contributed by atoms with Crippen molar-refractivity contribution in [2.45, 2.75) is 39.0 Å². The maximum Gasteiger partial charge on any atom is 0.317 e. The summed E-state index contributed by atoms with van der Waals surface area (Å²) < 4.78 is 0. The molecule has 1 aliphatic carbocycles. The van der Waals surface area contributed by atoms with Gasteiger partial charge in [0.25, 0.3) is 0 Å². The Bertz CT molecular complexity index is 294. The molecule has 0 aromatic heterocycles. The van der Waals surface area contributed by atoms with Gasteiger partial charge in [-0.25, -0.2) is 4.79 Å². The van der Waals surface area contributed by atoms with E-state index in [9.17, 15) is 9.59 Å². The summed E-state index contributed by atoms with van der Waals surface area (Å²) in [5, 5.41) is 12.0. The first kappa shape index (κ1) is 14.8. The van der Waals surface area contributed by atoms with E-state index in [-0.39, 0.29) is 17.9 Å². The van der Waals surface area contributed by atoms with Crippen LogP contribution < -0.4 is 5.32 Å². The molecule has 2 unspecified atom stereocenters. The molecular formula is C13H24N2O3. The molecule has 5 heteroatoms. The lowest BCUT2D eigenvalue weighted by atomic mass is 9.79. The van der Waals surface area contributed by atoms with Gasteiger partial charge in [0, 0.05) is 20.1 Å². The second kappa shape index (κ2) is 7.24. The zero-order chi connectivity index (χ0) is 13.5. The fraction of sp³-hybridized carbons (Fsp3) is 0.846. The molecule has 1 fully saturated rings. The topological polar surface area (TPSA) is 69.6 Å². The van der Waals surface area contributed by atoms with Gasteiger partial charge in [-0.15, -0.1) is 0 Å². The molecule has 1 saturated carbocycles. The van der Waals surface area contributed by atoms with Gasteiger partial charge >= 0.3 is 12.0 Å². The van der Waals surface area contributed by atoms with Crippen LogP contribution in [0.25, 0.3) is 0 Å². The summed E-state index contributed by atoms with van der Waals surface area (Å²) in [5.41, 5.74) is 0. The van der Waals surface area contributed by atoms with E-state index in [1.54, 1.807) is 11.9 Å². The maximum atomic E-state index is 11.7. The average molecular weight is 256 g/mol. The Morgan fingerprint density at radius 3 is 2.61 bits per heavy atom. The monoisotopic (exact) mass is 256 g/mol. The van der Waals surface area contributed by atoms with Crippen LogP contribution in [0.2, 0.25) is 0 Å². The number of nitrogens with zero attached hydrogens (tertiary/aromatic N) is 1. The number of amides is 2. The predicted octanol–water partition coefficient (Wildman–Crippen LogP) is 1.93. The summed E-state index contributed by atoms with van der Waals surface area (Å²) in [6.45, 7) is 3.22. The predicted molar refractivity (Wildman–Crippen MR) is 69.4 cm³/mol. The summed E-state index contributed by atoms with van der Waals surface area (Å²) in [6.07, 6.45) is 4.60. The Kier molecular flexibility index (Phi) is 5.95. The molecular weight excluding hydrogens is 232 g/mol. The molecule has 0 bridgehead atoms. The third kappa shape index (κ3) is 4.20. The largest absolute Gasteiger partial charge is 0.481 e. The van der Waals surface area contributed by atoms with Gasteiger partial charge in [0.1, 0.15) is 0 Å².